The topological polar surface area (TPSA) is 66.8 Å². The van der Waals surface area contributed by atoms with Crippen LogP contribution in [-0.2, 0) is 0 Å². The molecule has 2 aliphatic rings. The molecule has 0 amide bonds. The zero-order valence-electron chi connectivity index (χ0n) is 18.6. The molecule has 0 aliphatic carbocycles. The van der Waals surface area contributed by atoms with Crippen molar-refractivity contribution in [3.05, 3.63) is 54.1 Å². The van der Waals surface area contributed by atoms with Crippen molar-refractivity contribution in [2.75, 3.05) is 32.2 Å². The average Bonchev–Trinajstić information content (AvgIpc) is 3.44. The maximum atomic E-state index is 10.5. The van der Waals surface area contributed by atoms with Gasteiger partial charge in [-0.15, -0.1) is 0 Å². The third-order valence-corrected chi connectivity index (χ3v) is 6.42. The second-order valence-corrected chi connectivity index (χ2v) is 8.68. The lowest BCUT2D eigenvalue weighted by molar-refractivity contribution is 0.174. The highest BCUT2D eigenvalue weighted by molar-refractivity contribution is 5.81. The van der Waals surface area contributed by atoms with Gasteiger partial charge in [0.15, 0.2) is 11.5 Å². The van der Waals surface area contributed by atoms with Gasteiger partial charge < -0.3 is 24.8 Å². The minimum Gasteiger partial charge on any atom is -0.507 e. The normalized spacial score (nSPS) is 17.6. The Morgan fingerprint density at radius 1 is 1.12 bits per heavy atom. The summed E-state index contributed by atoms with van der Waals surface area (Å²) in [6.45, 7) is 4.26. The summed E-state index contributed by atoms with van der Waals surface area (Å²) in [5.74, 6) is 2.50. The van der Waals surface area contributed by atoms with E-state index >= 15 is 0 Å². The minimum atomic E-state index is 0.219. The number of ether oxygens (including phenoxy) is 2. The Bertz CT molecular complexity index is 1130. The number of para-hydroxylation sites is 1. The van der Waals surface area contributed by atoms with E-state index in [2.05, 4.69) is 17.3 Å². The van der Waals surface area contributed by atoms with Crippen molar-refractivity contribution in [2.45, 2.75) is 32.2 Å². The Morgan fingerprint density at radius 3 is 2.88 bits per heavy atom. The van der Waals surface area contributed by atoms with Crippen LogP contribution in [0.1, 0.15) is 24.8 Å². The Hall–Kier alpha value is -3.25. The van der Waals surface area contributed by atoms with Crippen LogP contribution in [0.4, 0.5) is 5.82 Å². The van der Waals surface area contributed by atoms with Crippen LogP contribution < -0.4 is 14.8 Å². The maximum Gasteiger partial charge on any atom is 0.231 e. The third kappa shape index (κ3) is 4.10. The van der Waals surface area contributed by atoms with Crippen molar-refractivity contribution < 1.29 is 14.6 Å². The molecule has 1 unspecified atom stereocenters. The van der Waals surface area contributed by atoms with Crippen molar-refractivity contribution >= 4 is 5.82 Å². The molecule has 2 aromatic carbocycles. The van der Waals surface area contributed by atoms with Gasteiger partial charge in [-0.05, 0) is 75.7 Å². The van der Waals surface area contributed by atoms with Crippen molar-refractivity contribution in [1.29, 1.82) is 0 Å². The Balaban J connectivity index is 1.51. The molecule has 2 N–H and O–H groups in total. The van der Waals surface area contributed by atoms with Crippen LogP contribution in [0.2, 0.25) is 0 Å². The number of hydrogen-bond acceptors (Lipinski definition) is 6. The standard InChI is InChI=1S/C26H29N3O3/c1-17-8-9-23(30)21(13-17)22-14-18(20-6-3-7-24-26(20)32-16-31-24)15-25(28-22)27-11-10-19-5-4-12-29(19)2/h3,6-9,13-15,19,30H,4-5,10-12,16H2,1-2H3,(H,27,28). The lowest BCUT2D eigenvalue weighted by Crippen LogP contribution is -2.27. The fourth-order valence-electron chi connectivity index (χ4n) is 4.64. The highest BCUT2D eigenvalue weighted by atomic mass is 16.7. The van der Waals surface area contributed by atoms with E-state index in [0.717, 1.165) is 58.2 Å². The van der Waals surface area contributed by atoms with E-state index in [1.807, 2.05) is 49.4 Å². The van der Waals surface area contributed by atoms with E-state index in [-0.39, 0.29) is 12.5 Å². The molecule has 0 radical (unpaired) electrons. The zero-order valence-corrected chi connectivity index (χ0v) is 18.6. The van der Waals surface area contributed by atoms with E-state index in [9.17, 15) is 5.11 Å². The molecule has 1 fully saturated rings. The summed E-state index contributed by atoms with van der Waals surface area (Å²) in [4.78, 5) is 7.29. The van der Waals surface area contributed by atoms with Crippen LogP contribution in [0.3, 0.4) is 0 Å². The van der Waals surface area contributed by atoms with Gasteiger partial charge in [-0.25, -0.2) is 4.98 Å². The van der Waals surface area contributed by atoms with Gasteiger partial charge in [-0.3, -0.25) is 0 Å². The monoisotopic (exact) mass is 431 g/mol. The Labute approximate surface area is 188 Å². The summed E-state index contributed by atoms with van der Waals surface area (Å²) in [7, 11) is 2.20. The fraction of sp³-hybridized carbons (Fsp3) is 0.346. The maximum absolute atomic E-state index is 10.5. The fourth-order valence-corrected chi connectivity index (χ4v) is 4.64. The number of anilines is 1. The molecule has 3 heterocycles. The van der Waals surface area contributed by atoms with Crippen LogP contribution in [-0.4, -0.2) is 48.0 Å². The highest BCUT2D eigenvalue weighted by Gasteiger charge is 2.22. The molecule has 3 aromatic rings. The zero-order chi connectivity index (χ0) is 22.1. The first kappa shape index (κ1) is 20.6. The molecule has 6 nitrogen and oxygen atoms in total. The molecule has 1 aromatic heterocycles. The van der Waals surface area contributed by atoms with Gasteiger partial charge in [-0.2, -0.15) is 0 Å². The molecule has 0 saturated carbocycles. The first-order valence-corrected chi connectivity index (χ1v) is 11.2. The van der Waals surface area contributed by atoms with Gasteiger partial charge in [-0.1, -0.05) is 23.8 Å². The number of rotatable bonds is 6. The van der Waals surface area contributed by atoms with Crippen LogP contribution in [0.15, 0.2) is 48.5 Å². The number of phenols is 1. The van der Waals surface area contributed by atoms with Gasteiger partial charge in [0.05, 0.1) is 5.69 Å². The van der Waals surface area contributed by atoms with E-state index < -0.39 is 0 Å². The number of aryl methyl sites for hydroxylation is 1. The van der Waals surface area contributed by atoms with Crippen LogP contribution in [0, 0.1) is 6.92 Å². The number of phenolic OH excluding ortho intramolecular Hbond substituents is 1. The van der Waals surface area contributed by atoms with Crippen molar-refractivity contribution in [1.82, 2.24) is 9.88 Å². The van der Waals surface area contributed by atoms with Crippen molar-refractivity contribution in [3.63, 3.8) is 0 Å². The molecule has 0 bridgehead atoms. The SMILES string of the molecule is Cc1ccc(O)c(-c2cc(-c3cccc4c3OCO4)cc(NCCC3CCCN3C)n2)c1. The quantitative estimate of drug-likeness (QED) is 0.569. The van der Waals surface area contributed by atoms with Crippen molar-refractivity contribution in [3.8, 4) is 39.6 Å². The predicted molar refractivity (Wildman–Crippen MR) is 126 cm³/mol. The predicted octanol–water partition coefficient (Wildman–Crippen LogP) is 5.05. The average molecular weight is 432 g/mol. The van der Waals surface area contributed by atoms with Gasteiger partial charge in [0.1, 0.15) is 11.6 Å². The lowest BCUT2D eigenvalue weighted by atomic mass is 10.0. The number of pyridine rings is 1. The largest absolute Gasteiger partial charge is 0.507 e. The molecule has 1 saturated heterocycles. The van der Waals surface area contributed by atoms with Gasteiger partial charge >= 0.3 is 0 Å². The van der Waals surface area contributed by atoms with Gasteiger partial charge in [0.2, 0.25) is 6.79 Å². The number of benzene rings is 2. The van der Waals surface area contributed by atoms with Gasteiger partial charge in [0, 0.05) is 23.7 Å². The van der Waals surface area contributed by atoms with Crippen LogP contribution >= 0.6 is 0 Å². The van der Waals surface area contributed by atoms with E-state index in [0.29, 0.717) is 6.04 Å². The lowest BCUT2D eigenvalue weighted by Gasteiger charge is -2.20. The molecular weight excluding hydrogens is 402 g/mol. The molecule has 6 heteroatoms. The first-order valence-electron chi connectivity index (χ1n) is 11.2. The van der Waals surface area contributed by atoms with E-state index in [1.54, 1.807) is 6.07 Å². The Kier molecular flexibility index (Phi) is 5.62. The number of hydrogen-bond donors (Lipinski definition) is 2. The van der Waals surface area contributed by atoms with Gasteiger partial charge in [0.25, 0.3) is 0 Å². The molecule has 1 atom stereocenters. The number of nitrogens with one attached hydrogen (secondary N) is 1. The molecular formula is C26H29N3O3. The minimum absolute atomic E-state index is 0.219. The highest BCUT2D eigenvalue weighted by Crippen LogP contribution is 2.43. The van der Waals surface area contributed by atoms with E-state index in [1.165, 1.54) is 19.4 Å². The molecule has 166 valence electrons. The molecule has 5 rings (SSSR count). The summed E-state index contributed by atoms with van der Waals surface area (Å²) in [6, 6.07) is 16.2. The number of fused-ring (bicyclic) bond motifs is 1. The van der Waals surface area contributed by atoms with Crippen molar-refractivity contribution in [2.24, 2.45) is 0 Å². The molecule has 2 aliphatic heterocycles. The van der Waals surface area contributed by atoms with Crippen LogP contribution in [0.25, 0.3) is 22.4 Å². The smallest absolute Gasteiger partial charge is 0.231 e. The second kappa shape index (κ2) is 8.71. The molecule has 0 spiro atoms. The second-order valence-electron chi connectivity index (χ2n) is 8.68. The Morgan fingerprint density at radius 2 is 2.03 bits per heavy atom. The summed E-state index contributed by atoms with van der Waals surface area (Å²) in [5, 5.41) is 14.1. The summed E-state index contributed by atoms with van der Waals surface area (Å²) in [6.07, 6.45) is 3.60. The number of aromatic hydroxyl groups is 1. The molecule has 32 heavy (non-hydrogen) atoms. The summed E-state index contributed by atoms with van der Waals surface area (Å²) in [5.41, 5.74) is 4.44. The summed E-state index contributed by atoms with van der Waals surface area (Å²) < 4.78 is 11.3. The summed E-state index contributed by atoms with van der Waals surface area (Å²) >= 11 is 0. The number of likely N-dealkylation sites (tertiary alicyclic amines) is 1. The van der Waals surface area contributed by atoms with E-state index in [4.69, 9.17) is 14.5 Å². The van der Waals surface area contributed by atoms with Crippen LogP contribution in [0.5, 0.6) is 17.2 Å². The first-order chi connectivity index (χ1) is 15.6. The third-order valence-electron chi connectivity index (χ3n) is 6.42. The number of aromatic nitrogens is 1. The number of nitrogens with zero attached hydrogens (tertiary/aromatic N) is 2.